The number of ketones is 1. The number of piperidine rings is 1. The highest BCUT2D eigenvalue weighted by atomic mass is 19.1. The highest BCUT2D eigenvalue weighted by molar-refractivity contribution is 6.00. The predicted octanol–water partition coefficient (Wildman–Crippen LogP) is 1.99. The van der Waals surface area contributed by atoms with Gasteiger partial charge < -0.3 is 10.2 Å². The van der Waals surface area contributed by atoms with E-state index in [9.17, 15) is 14.0 Å². The summed E-state index contributed by atoms with van der Waals surface area (Å²) in [5.41, 5.74) is 0.705. The van der Waals surface area contributed by atoms with E-state index in [1.807, 2.05) is 4.90 Å². The van der Waals surface area contributed by atoms with Crippen LogP contribution in [0.5, 0.6) is 0 Å². The topological polar surface area (TPSA) is 49.4 Å². The third-order valence-electron chi connectivity index (χ3n) is 3.72. The van der Waals surface area contributed by atoms with Crippen LogP contribution < -0.4 is 10.2 Å². The minimum absolute atomic E-state index is 0.00419. The van der Waals surface area contributed by atoms with Crippen LogP contribution in [-0.4, -0.2) is 31.8 Å². The van der Waals surface area contributed by atoms with E-state index >= 15 is 0 Å². The highest BCUT2D eigenvalue weighted by Gasteiger charge is 2.27. The van der Waals surface area contributed by atoms with E-state index in [4.69, 9.17) is 0 Å². The van der Waals surface area contributed by atoms with Gasteiger partial charge in [0.25, 0.3) is 0 Å². The fourth-order valence-corrected chi connectivity index (χ4v) is 2.74. The molecular formula is C15H19FN2O2. The lowest BCUT2D eigenvalue weighted by molar-refractivity contribution is -0.124. The molecule has 0 aliphatic carbocycles. The Balaban J connectivity index is 2.30. The first-order valence-electron chi connectivity index (χ1n) is 6.80. The van der Waals surface area contributed by atoms with Crippen LogP contribution in [0.15, 0.2) is 18.2 Å². The van der Waals surface area contributed by atoms with Gasteiger partial charge in [-0.3, -0.25) is 9.59 Å². The molecule has 1 aromatic carbocycles. The molecule has 0 aromatic heterocycles. The zero-order chi connectivity index (χ0) is 14.7. The van der Waals surface area contributed by atoms with Crippen LogP contribution >= 0.6 is 0 Å². The number of hydrogen-bond acceptors (Lipinski definition) is 3. The number of rotatable bonds is 3. The van der Waals surface area contributed by atoms with Crippen molar-refractivity contribution < 1.29 is 14.0 Å². The molecule has 0 bridgehead atoms. The van der Waals surface area contributed by atoms with E-state index < -0.39 is 5.82 Å². The number of carbonyl (C=O) groups is 2. The molecule has 2 rings (SSSR count). The Labute approximate surface area is 118 Å². The van der Waals surface area contributed by atoms with Crippen molar-refractivity contribution in [3.8, 4) is 0 Å². The minimum atomic E-state index is -0.503. The number of carbonyl (C=O) groups excluding carboxylic acids is 2. The third-order valence-corrected chi connectivity index (χ3v) is 3.72. The molecule has 1 fully saturated rings. The summed E-state index contributed by atoms with van der Waals surface area (Å²) in [6, 6.07) is 4.63. The molecule has 1 aromatic rings. The summed E-state index contributed by atoms with van der Waals surface area (Å²) < 4.78 is 13.9. The van der Waals surface area contributed by atoms with Crippen molar-refractivity contribution in [1.82, 2.24) is 5.32 Å². The predicted molar refractivity (Wildman–Crippen MR) is 75.4 cm³/mol. The maximum atomic E-state index is 13.9. The number of nitrogens with zero attached hydrogens (tertiary/aromatic N) is 1. The van der Waals surface area contributed by atoms with Gasteiger partial charge in [-0.25, -0.2) is 4.39 Å². The van der Waals surface area contributed by atoms with Gasteiger partial charge in [0, 0.05) is 20.1 Å². The first-order valence-corrected chi connectivity index (χ1v) is 6.80. The molecule has 1 N–H and O–H groups in total. The number of anilines is 1. The lowest BCUT2D eigenvalue weighted by Crippen LogP contribution is -2.42. The zero-order valence-corrected chi connectivity index (χ0v) is 11.8. The molecule has 5 heteroatoms. The summed E-state index contributed by atoms with van der Waals surface area (Å²) in [6.07, 6.45) is 1.67. The molecule has 1 aliphatic heterocycles. The van der Waals surface area contributed by atoms with E-state index in [1.54, 1.807) is 19.2 Å². The lowest BCUT2D eigenvalue weighted by Gasteiger charge is -2.34. The van der Waals surface area contributed by atoms with Gasteiger partial charge >= 0.3 is 0 Å². The molecule has 4 nitrogen and oxygen atoms in total. The Hall–Kier alpha value is -1.91. The smallest absolute Gasteiger partial charge is 0.224 e. The second-order valence-corrected chi connectivity index (χ2v) is 5.09. The maximum Gasteiger partial charge on any atom is 0.224 e. The lowest BCUT2D eigenvalue weighted by atomic mass is 9.95. The first-order chi connectivity index (χ1) is 9.54. The van der Waals surface area contributed by atoms with Crippen molar-refractivity contribution in [2.24, 2.45) is 5.92 Å². The summed E-state index contributed by atoms with van der Waals surface area (Å²) >= 11 is 0. The summed E-state index contributed by atoms with van der Waals surface area (Å²) in [5, 5.41) is 2.65. The van der Waals surface area contributed by atoms with Crippen LogP contribution in [0.2, 0.25) is 0 Å². The normalized spacial score (nSPS) is 18.8. The van der Waals surface area contributed by atoms with Crippen LogP contribution in [-0.2, 0) is 4.79 Å². The molecule has 1 atom stereocenters. The maximum absolute atomic E-state index is 13.9. The van der Waals surface area contributed by atoms with Crippen molar-refractivity contribution in [1.29, 1.82) is 0 Å². The molecular weight excluding hydrogens is 259 g/mol. The highest BCUT2D eigenvalue weighted by Crippen LogP contribution is 2.28. The molecule has 0 spiro atoms. The van der Waals surface area contributed by atoms with Gasteiger partial charge in [-0.05, 0) is 31.9 Å². The van der Waals surface area contributed by atoms with Gasteiger partial charge in [-0.2, -0.15) is 0 Å². The molecule has 0 radical (unpaired) electrons. The van der Waals surface area contributed by atoms with Crippen molar-refractivity contribution >= 4 is 17.4 Å². The SMILES string of the molecule is CNC(=O)C1CCCN(c2cccc(F)c2C(C)=O)C1. The third kappa shape index (κ3) is 2.81. The summed E-state index contributed by atoms with van der Waals surface area (Å²) in [6.45, 7) is 2.61. The van der Waals surface area contributed by atoms with Crippen LogP contribution in [0.4, 0.5) is 10.1 Å². The largest absolute Gasteiger partial charge is 0.370 e. The fraction of sp³-hybridized carbons (Fsp3) is 0.467. The van der Waals surface area contributed by atoms with Crippen molar-refractivity contribution in [2.45, 2.75) is 19.8 Å². The summed E-state index contributed by atoms with van der Waals surface area (Å²) in [4.78, 5) is 25.3. The van der Waals surface area contributed by atoms with E-state index in [0.717, 1.165) is 19.4 Å². The zero-order valence-electron chi connectivity index (χ0n) is 11.8. The average Bonchev–Trinajstić information content (AvgIpc) is 2.45. The first kappa shape index (κ1) is 14.5. The average molecular weight is 278 g/mol. The Morgan fingerprint density at radius 2 is 2.15 bits per heavy atom. The van der Waals surface area contributed by atoms with E-state index in [-0.39, 0.29) is 23.2 Å². The minimum Gasteiger partial charge on any atom is -0.370 e. The van der Waals surface area contributed by atoms with Crippen LogP contribution in [0.3, 0.4) is 0 Å². The quantitative estimate of drug-likeness (QED) is 0.860. The second kappa shape index (κ2) is 6.03. The Morgan fingerprint density at radius 3 is 2.80 bits per heavy atom. The van der Waals surface area contributed by atoms with Crippen molar-refractivity contribution in [3.63, 3.8) is 0 Å². The Bertz CT molecular complexity index is 531. The number of amides is 1. The number of nitrogens with one attached hydrogen (secondary N) is 1. The number of benzene rings is 1. The standard InChI is InChI=1S/C15H19FN2O2/c1-10(19)14-12(16)6-3-7-13(14)18-8-4-5-11(9-18)15(20)17-2/h3,6-7,11H,4-5,8-9H2,1-2H3,(H,17,20). The Kier molecular flexibility index (Phi) is 4.37. The van der Waals surface area contributed by atoms with Crippen molar-refractivity contribution in [2.75, 3.05) is 25.0 Å². The van der Waals surface area contributed by atoms with E-state index in [1.165, 1.54) is 13.0 Å². The number of Topliss-reactive ketones (excluding diaryl/α,β-unsaturated/α-hetero) is 1. The van der Waals surface area contributed by atoms with Gasteiger partial charge in [-0.15, -0.1) is 0 Å². The molecule has 1 amide bonds. The van der Waals surface area contributed by atoms with Gasteiger partial charge in [0.15, 0.2) is 5.78 Å². The van der Waals surface area contributed by atoms with Gasteiger partial charge in [0.2, 0.25) is 5.91 Å². The molecule has 108 valence electrons. The van der Waals surface area contributed by atoms with Crippen LogP contribution in [0.1, 0.15) is 30.1 Å². The molecule has 0 saturated carbocycles. The van der Waals surface area contributed by atoms with Gasteiger partial charge in [0.1, 0.15) is 5.82 Å². The summed E-state index contributed by atoms with van der Waals surface area (Å²) in [5.74, 6) is -0.912. The number of halogens is 1. The van der Waals surface area contributed by atoms with E-state index in [2.05, 4.69) is 5.32 Å². The van der Waals surface area contributed by atoms with Crippen LogP contribution in [0.25, 0.3) is 0 Å². The van der Waals surface area contributed by atoms with Crippen molar-refractivity contribution in [3.05, 3.63) is 29.6 Å². The molecule has 20 heavy (non-hydrogen) atoms. The molecule has 1 unspecified atom stereocenters. The summed E-state index contributed by atoms with van der Waals surface area (Å²) in [7, 11) is 1.62. The number of hydrogen-bond donors (Lipinski definition) is 1. The Morgan fingerprint density at radius 1 is 1.40 bits per heavy atom. The van der Waals surface area contributed by atoms with Crippen LogP contribution in [0, 0.1) is 11.7 Å². The molecule has 1 aliphatic rings. The molecule has 1 heterocycles. The van der Waals surface area contributed by atoms with Gasteiger partial charge in [0.05, 0.1) is 17.2 Å². The van der Waals surface area contributed by atoms with Gasteiger partial charge in [-0.1, -0.05) is 6.07 Å². The second-order valence-electron chi connectivity index (χ2n) is 5.09. The van der Waals surface area contributed by atoms with E-state index in [0.29, 0.717) is 12.2 Å². The molecule has 1 saturated heterocycles. The fourth-order valence-electron chi connectivity index (χ4n) is 2.74. The monoisotopic (exact) mass is 278 g/mol.